The highest BCUT2D eigenvalue weighted by molar-refractivity contribution is 7.86. The minimum atomic E-state index is -4.32. The van der Waals surface area contributed by atoms with Gasteiger partial charge in [-0.3, -0.25) is 9.35 Å². The Morgan fingerprint density at radius 1 is 1.09 bits per heavy atom. The maximum Gasteiger partial charge on any atom is 0.296 e. The SMILES string of the molecule is CC(=O)Nc1ccc(S(=O)(=O)O)c(N)c1.Nc1ccccc1. The summed E-state index contributed by atoms with van der Waals surface area (Å²) < 4.78 is 30.3. The molecule has 0 fully saturated rings. The van der Waals surface area contributed by atoms with E-state index in [-0.39, 0.29) is 16.5 Å². The molecule has 2 aromatic rings. The van der Waals surface area contributed by atoms with E-state index in [4.69, 9.17) is 16.0 Å². The molecule has 2 aromatic carbocycles. The summed E-state index contributed by atoms with van der Waals surface area (Å²) in [5, 5.41) is 2.43. The van der Waals surface area contributed by atoms with Crippen molar-refractivity contribution in [1.29, 1.82) is 0 Å². The standard InChI is InChI=1S/C8H10N2O4S.C6H7N/c1-5(11)10-6-2-3-8(7(9)4-6)15(12,13)14;7-6-4-2-1-3-5-6/h2-4H,9H2,1H3,(H,10,11)(H,12,13,14);1-5H,7H2. The monoisotopic (exact) mass is 323 g/mol. The van der Waals surface area contributed by atoms with Gasteiger partial charge in [-0.05, 0) is 30.3 Å². The fourth-order valence-corrected chi connectivity index (χ4v) is 2.11. The number of amides is 1. The molecule has 0 unspecified atom stereocenters. The summed E-state index contributed by atoms with van der Waals surface area (Å²) in [6.07, 6.45) is 0. The zero-order valence-electron chi connectivity index (χ0n) is 11.9. The molecule has 0 spiro atoms. The molecule has 0 heterocycles. The highest BCUT2D eigenvalue weighted by atomic mass is 32.2. The van der Waals surface area contributed by atoms with Gasteiger partial charge < -0.3 is 16.8 Å². The second-order valence-corrected chi connectivity index (χ2v) is 5.71. The van der Waals surface area contributed by atoms with E-state index in [0.29, 0.717) is 5.69 Å². The number of rotatable bonds is 2. The average molecular weight is 323 g/mol. The number of hydrogen-bond donors (Lipinski definition) is 4. The van der Waals surface area contributed by atoms with Crippen LogP contribution < -0.4 is 16.8 Å². The first kappa shape index (κ1) is 17.5. The second-order valence-electron chi connectivity index (χ2n) is 4.32. The maximum absolute atomic E-state index is 10.8. The van der Waals surface area contributed by atoms with Crippen molar-refractivity contribution in [3.63, 3.8) is 0 Å². The molecule has 0 aliphatic rings. The molecular formula is C14H17N3O4S. The Bertz CT molecular complexity index is 746. The van der Waals surface area contributed by atoms with E-state index in [9.17, 15) is 13.2 Å². The zero-order valence-corrected chi connectivity index (χ0v) is 12.7. The lowest BCUT2D eigenvalue weighted by Crippen LogP contribution is -2.08. The van der Waals surface area contributed by atoms with Crippen LogP contribution >= 0.6 is 0 Å². The van der Waals surface area contributed by atoms with Crippen LogP contribution in [-0.4, -0.2) is 18.9 Å². The number of nitrogen functional groups attached to an aromatic ring is 2. The Balaban J connectivity index is 0.000000287. The Kier molecular flexibility index (Phi) is 5.90. The Morgan fingerprint density at radius 2 is 1.68 bits per heavy atom. The molecule has 7 nitrogen and oxygen atoms in total. The molecule has 0 radical (unpaired) electrons. The van der Waals surface area contributed by atoms with Crippen LogP contribution in [0, 0.1) is 0 Å². The van der Waals surface area contributed by atoms with E-state index < -0.39 is 10.1 Å². The maximum atomic E-state index is 10.8. The van der Waals surface area contributed by atoms with Gasteiger partial charge in [0.2, 0.25) is 5.91 Å². The van der Waals surface area contributed by atoms with E-state index >= 15 is 0 Å². The molecular weight excluding hydrogens is 306 g/mol. The predicted molar refractivity (Wildman–Crippen MR) is 85.8 cm³/mol. The Morgan fingerprint density at radius 3 is 2.05 bits per heavy atom. The van der Waals surface area contributed by atoms with Gasteiger partial charge in [-0.25, -0.2) is 0 Å². The number of anilines is 3. The number of nitrogens with one attached hydrogen (secondary N) is 1. The van der Waals surface area contributed by atoms with Crippen molar-refractivity contribution in [2.45, 2.75) is 11.8 Å². The molecule has 118 valence electrons. The molecule has 0 atom stereocenters. The number of benzene rings is 2. The minimum absolute atomic E-state index is 0.122. The van der Waals surface area contributed by atoms with Gasteiger partial charge in [0, 0.05) is 18.3 Å². The van der Waals surface area contributed by atoms with E-state index in [2.05, 4.69) is 5.32 Å². The lowest BCUT2D eigenvalue weighted by Gasteiger charge is -2.06. The number of carbonyl (C=O) groups excluding carboxylic acids is 1. The van der Waals surface area contributed by atoms with Crippen molar-refractivity contribution in [3.05, 3.63) is 48.5 Å². The van der Waals surface area contributed by atoms with Gasteiger partial charge in [0.25, 0.3) is 10.1 Å². The first-order valence-corrected chi connectivity index (χ1v) is 7.59. The highest BCUT2D eigenvalue weighted by Gasteiger charge is 2.13. The van der Waals surface area contributed by atoms with Crippen molar-refractivity contribution in [1.82, 2.24) is 0 Å². The Hall–Kier alpha value is -2.58. The number of carbonyl (C=O) groups is 1. The molecule has 0 aromatic heterocycles. The van der Waals surface area contributed by atoms with Crippen LogP contribution in [0.5, 0.6) is 0 Å². The Labute approximate surface area is 128 Å². The zero-order chi connectivity index (χ0) is 16.8. The fourth-order valence-electron chi connectivity index (χ4n) is 1.52. The summed E-state index contributed by atoms with van der Waals surface area (Å²) in [6.45, 7) is 1.31. The molecule has 1 amide bonds. The van der Waals surface area contributed by atoms with Crippen LogP contribution in [0.25, 0.3) is 0 Å². The van der Waals surface area contributed by atoms with Gasteiger partial charge in [-0.2, -0.15) is 8.42 Å². The summed E-state index contributed by atoms with van der Waals surface area (Å²) in [5.74, 6) is -0.297. The van der Waals surface area contributed by atoms with Crippen LogP contribution in [0.15, 0.2) is 53.4 Å². The molecule has 0 bridgehead atoms. The molecule has 0 aliphatic carbocycles. The normalized spacial score (nSPS) is 10.3. The molecule has 0 aliphatic heterocycles. The third-order valence-corrected chi connectivity index (χ3v) is 3.34. The van der Waals surface area contributed by atoms with Gasteiger partial charge in [0.05, 0.1) is 5.69 Å². The van der Waals surface area contributed by atoms with E-state index in [1.54, 1.807) is 0 Å². The van der Waals surface area contributed by atoms with Gasteiger partial charge in [0.15, 0.2) is 0 Å². The summed E-state index contributed by atoms with van der Waals surface area (Å²) in [5.41, 5.74) is 11.8. The summed E-state index contributed by atoms with van der Waals surface area (Å²) in [6, 6.07) is 13.2. The lowest BCUT2D eigenvalue weighted by molar-refractivity contribution is -0.114. The summed E-state index contributed by atoms with van der Waals surface area (Å²) in [4.78, 5) is 10.3. The second kappa shape index (κ2) is 7.43. The summed E-state index contributed by atoms with van der Waals surface area (Å²) >= 11 is 0. The highest BCUT2D eigenvalue weighted by Crippen LogP contribution is 2.21. The van der Waals surface area contributed by atoms with Gasteiger partial charge >= 0.3 is 0 Å². The third-order valence-electron chi connectivity index (χ3n) is 2.41. The topological polar surface area (TPSA) is 136 Å². The lowest BCUT2D eigenvalue weighted by atomic mass is 10.3. The molecule has 8 heteroatoms. The molecule has 0 saturated carbocycles. The van der Waals surface area contributed by atoms with Crippen LogP contribution in [0.3, 0.4) is 0 Å². The molecule has 0 saturated heterocycles. The van der Waals surface area contributed by atoms with Crippen molar-refractivity contribution in [2.75, 3.05) is 16.8 Å². The first-order valence-electron chi connectivity index (χ1n) is 6.15. The minimum Gasteiger partial charge on any atom is -0.399 e. The van der Waals surface area contributed by atoms with Crippen molar-refractivity contribution in [3.8, 4) is 0 Å². The van der Waals surface area contributed by atoms with Gasteiger partial charge in [0.1, 0.15) is 4.90 Å². The van der Waals surface area contributed by atoms with Crippen LogP contribution in [0.4, 0.5) is 17.1 Å². The van der Waals surface area contributed by atoms with Crippen LogP contribution in [-0.2, 0) is 14.9 Å². The predicted octanol–water partition coefficient (Wildman–Crippen LogP) is 1.74. The number of hydrogen-bond acceptors (Lipinski definition) is 5. The van der Waals surface area contributed by atoms with Gasteiger partial charge in [-0.1, -0.05) is 18.2 Å². The third kappa shape index (κ3) is 5.81. The van der Waals surface area contributed by atoms with Crippen molar-refractivity contribution < 1.29 is 17.8 Å². The summed E-state index contributed by atoms with van der Waals surface area (Å²) in [7, 11) is -4.32. The number of para-hydroxylation sites is 1. The molecule has 2 rings (SSSR count). The smallest absolute Gasteiger partial charge is 0.296 e. The molecule has 22 heavy (non-hydrogen) atoms. The largest absolute Gasteiger partial charge is 0.399 e. The van der Waals surface area contributed by atoms with Crippen molar-refractivity contribution in [2.24, 2.45) is 0 Å². The number of nitrogens with two attached hydrogens (primary N) is 2. The van der Waals surface area contributed by atoms with E-state index in [0.717, 1.165) is 11.8 Å². The van der Waals surface area contributed by atoms with Crippen molar-refractivity contribution >= 4 is 33.1 Å². The van der Waals surface area contributed by atoms with E-state index in [1.807, 2.05) is 30.3 Å². The van der Waals surface area contributed by atoms with Crippen LogP contribution in [0.2, 0.25) is 0 Å². The van der Waals surface area contributed by atoms with Crippen LogP contribution in [0.1, 0.15) is 6.92 Å². The fraction of sp³-hybridized carbons (Fsp3) is 0.0714. The van der Waals surface area contributed by atoms with Gasteiger partial charge in [-0.15, -0.1) is 0 Å². The average Bonchev–Trinajstić information content (AvgIpc) is 2.38. The quantitative estimate of drug-likeness (QED) is 0.491. The first-order chi connectivity index (χ1) is 10.2. The van der Waals surface area contributed by atoms with E-state index in [1.165, 1.54) is 19.1 Å². The molecule has 6 N–H and O–H groups in total.